The van der Waals surface area contributed by atoms with Gasteiger partial charge in [-0.2, -0.15) is 0 Å². The molecule has 2 aromatic carbocycles. The Morgan fingerprint density at radius 3 is 2.23 bits per heavy atom. The molecule has 3 rings (SSSR count). The maximum atomic E-state index is 5.80. The van der Waals surface area contributed by atoms with Crippen LogP contribution in [0.25, 0.3) is 0 Å². The predicted octanol–water partition coefficient (Wildman–Crippen LogP) is 3.52. The quantitative estimate of drug-likeness (QED) is 0.698. The third-order valence-electron chi connectivity index (χ3n) is 3.41. The van der Waals surface area contributed by atoms with Crippen LogP contribution >= 0.6 is 0 Å². The van der Waals surface area contributed by atoms with Crippen molar-refractivity contribution in [3.05, 3.63) is 78.4 Å². The van der Waals surface area contributed by atoms with E-state index in [4.69, 9.17) is 9.47 Å². The maximum absolute atomic E-state index is 5.80. The van der Waals surface area contributed by atoms with Gasteiger partial charge in [-0.15, -0.1) is 0 Å². The molecular formula is C18H18N2O2. The highest BCUT2D eigenvalue weighted by Crippen LogP contribution is 2.16. The van der Waals surface area contributed by atoms with Gasteiger partial charge in [-0.25, -0.2) is 4.98 Å². The predicted molar refractivity (Wildman–Crippen MR) is 85.1 cm³/mol. The van der Waals surface area contributed by atoms with Crippen LogP contribution in [0.15, 0.2) is 67.3 Å². The monoisotopic (exact) mass is 294 g/mol. The second kappa shape index (κ2) is 6.80. The lowest BCUT2D eigenvalue weighted by molar-refractivity contribution is 0.306. The van der Waals surface area contributed by atoms with Crippen LogP contribution in [-0.4, -0.2) is 16.7 Å². The lowest BCUT2D eigenvalue weighted by Gasteiger charge is -2.08. The van der Waals surface area contributed by atoms with Crippen LogP contribution < -0.4 is 9.47 Å². The van der Waals surface area contributed by atoms with Gasteiger partial charge in [-0.05, 0) is 35.4 Å². The molecule has 0 bridgehead atoms. The Morgan fingerprint density at radius 2 is 1.59 bits per heavy atom. The van der Waals surface area contributed by atoms with Crippen LogP contribution in [0, 0.1) is 0 Å². The SMILES string of the molecule is COc1ccc(COc2ccc(Cn3ccnc3)cc2)cc1. The van der Waals surface area contributed by atoms with Crippen molar-refractivity contribution in [2.24, 2.45) is 0 Å². The van der Waals surface area contributed by atoms with Gasteiger partial charge in [0.2, 0.25) is 0 Å². The molecule has 0 radical (unpaired) electrons. The molecular weight excluding hydrogens is 276 g/mol. The largest absolute Gasteiger partial charge is 0.497 e. The fourth-order valence-corrected chi connectivity index (χ4v) is 2.17. The molecule has 0 aliphatic heterocycles. The number of imidazole rings is 1. The number of benzene rings is 2. The Kier molecular flexibility index (Phi) is 4.39. The van der Waals surface area contributed by atoms with Gasteiger partial charge in [0.05, 0.1) is 13.4 Å². The topological polar surface area (TPSA) is 36.3 Å². The summed E-state index contributed by atoms with van der Waals surface area (Å²) in [6.45, 7) is 1.36. The zero-order chi connectivity index (χ0) is 15.2. The summed E-state index contributed by atoms with van der Waals surface area (Å²) < 4.78 is 13.0. The van der Waals surface area contributed by atoms with Gasteiger partial charge in [-0.3, -0.25) is 0 Å². The smallest absolute Gasteiger partial charge is 0.119 e. The van der Waals surface area contributed by atoms with E-state index in [1.54, 1.807) is 13.3 Å². The van der Waals surface area contributed by atoms with Crippen molar-refractivity contribution in [1.82, 2.24) is 9.55 Å². The standard InChI is InChI=1S/C18H18N2O2/c1-21-17-6-4-16(5-7-17)13-22-18-8-2-15(3-9-18)12-20-11-10-19-14-20/h2-11,14H,12-13H2,1H3. The summed E-state index contributed by atoms with van der Waals surface area (Å²) in [5, 5.41) is 0. The Hall–Kier alpha value is -2.75. The number of nitrogens with zero attached hydrogens (tertiary/aromatic N) is 2. The molecule has 112 valence electrons. The molecule has 0 N–H and O–H groups in total. The van der Waals surface area contributed by atoms with Crippen molar-refractivity contribution in [2.75, 3.05) is 7.11 Å². The van der Waals surface area contributed by atoms with Crippen LogP contribution in [-0.2, 0) is 13.2 Å². The van der Waals surface area contributed by atoms with Crippen molar-refractivity contribution in [3.8, 4) is 11.5 Å². The van der Waals surface area contributed by atoms with E-state index in [-0.39, 0.29) is 0 Å². The molecule has 0 spiro atoms. The minimum absolute atomic E-state index is 0.546. The van der Waals surface area contributed by atoms with E-state index >= 15 is 0 Å². The number of rotatable bonds is 6. The molecule has 0 saturated heterocycles. The molecule has 4 heteroatoms. The molecule has 3 aromatic rings. The van der Waals surface area contributed by atoms with Crippen LogP contribution in [0.3, 0.4) is 0 Å². The summed E-state index contributed by atoms with van der Waals surface area (Å²) in [5.74, 6) is 1.72. The third kappa shape index (κ3) is 3.67. The first-order valence-corrected chi connectivity index (χ1v) is 7.14. The van der Waals surface area contributed by atoms with Gasteiger partial charge in [0.1, 0.15) is 18.1 Å². The lowest BCUT2D eigenvalue weighted by atomic mass is 10.2. The first-order valence-electron chi connectivity index (χ1n) is 7.14. The molecule has 0 aliphatic rings. The molecule has 0 amide bonds. The van der Waals surface area contributed by atoms with Crippen molar-refractivity contribution < 1.29 is 9.47 Å². The fourth-order valence-electron chi connectivity index (χ4n) is 2.17. The van der Waals surface area contributed by atoms with Crippen molar-refractivity contribution >= 4 is 0 Å². The average molecular weight is 294 g/mol. The summed E-state index contributed by atoms with van der Waals surface area (Å²) in [6, 6.07) is 16.0. The molecule has 0 saturated carbocycles. The Morgan fingerprint density at radius 1 is 0.909 bits per heavy atom. The highest BCUT2D eigenvalue weighted by molar-refractivity contribution is 5.29. The van der Waals surface area contributed by atoms with E-state index in [0.29, 0.717) is 6.61 Å². The summed E-state index contributed by atoms with van der Waals surface area (Å²) in [4.78, 5) is 4.04. The highest BCUT2D eigenvalue weighted by atomic mass is 16.5. The molecule has 0 aliphatic carbocycles. The van der Waals surface area contributed by atoms with Gasteiger partial charge in [-0.1, -0.05) is 24.3 Å². The lowest BCUT2D eigenvalue weighted by Crippen LogP contribution is -1.98. The summed E-state index contributed by atoms with van der Waals surface area (Å²) in [7, 11) is 1.66. The van der Waals surface area contributed by atoms with Gasteiger partial charge < -0.3 is 14.0 Å². The van der Waals surface area contributed by atoms with Gasteiger partial charge in [0.25, 0.3) is 0 Å². The normalized spacial score (nSPS) is 10.4. The second-order valence-corrected chi connectivity index (χ2v) is 5.02. The summed E-state index contributed by atoms with van der Waals surface area (Å²) in [5.41, 5.74) is 2.33. The minimum Gasteiger partial charge on any atom is -0.497 e. The van der Waals surface area contributed by atoms with Gasteiger partial charge >= 0.3 is 0 Å². The maximum Gasteiger partial charge on any atom is 0.119 e. The Bertz CT molecular complexity index is 689. The van der Waals surface area contributed by atoms with Crippen molar-refractivity contribution in [3.63, 3.8) is 0 Å². The molecule has 0 atom stereocenters. The zero-order valence-electron chi connectivity index (χ0n) is 12.5. The zero-order valence-corrected chi connectivity index (χ0v) is 12.5. The number of methoxy groups -OCH3 is 1. The molecule has 0 fully saturated rings. The van der Waals surface area contributed by atoms with Gasteiger partial charge in [0.15, 0.2) is 0 Å². The van der Waals surface area contributed by atoms with Crippen LogP contribution in [0.5, 0.6) is 11.5 Å². The third-order valence-corrected chi connectivity index (χ3v) is 3.41. The number of ether oxygens (including phenoxy) is 2. The summed E-state index contributed by atoms with van der Waals surface area (Å²) >= 11 is 0. The summed E-state index contributed by atoms with van der Waals surface area (Å²) in [6.07, 6.45) is 5.55. The van der Waals surface area contributed by atoms with E-state index in [1.807, 2.05) is 53.5 Å². The van der Waals surface area contributed by atoms with Crippen LogP contribution in [0.4, 0.5) is 0 Å². The molecule has 0 unspecified atom stereocenters. The van der Waals surface area contributed by atoms with E-state index in [2.05, 4.69) is 17.1 Å². The Balaban J connectivity index is 1.56. The molecule has 1 heterocycles. The molecule has 1 aromatic heterocycles. The second-order valence-electron chi connectivity index (χ2n) is 5.02. The average Bonchev–Trinajstić information content (AvgIpc) is 3.08. The first-order chi connectivity index (χ1) is 10.8. The number of hydrogen-bond acceptors (Lipinski definition) is 3. The van der Waals surface area contributed by atoms with E-state index in [0.717, 1.165) is 23.6 Å². The van der Waals surface area contributed by atoms with Gasteiger partial charge in [0, 0.05) is 18.9 Å². The minimum atomic E-state index is 0.546. The van der Waals surface area contributed by atoms with E-state index in [1.165, 1.54) is 5.56 Å². The van der Waals surface area contributed by atoms with Crippen molar-refractivity contribution in [1.29, 1.82) is 0 Å². The molecule has 4 nitrogen and oxygen atoms in total. The molecule has 22 heavy (non-hydrogen) atoms. The number of hydrogen-bond donors (Lipinski definition) is 0. The number of aromatic nitrogens is 2. The van der Waals surface area contributed by atoms with Crippen LogP contribution in [0.1, 0.15) is 11.1 Å². The van der Waals surface area contributed by atoms with Crippen molar-refractivity contribution in [2.45, 2.75) is 13.2 Å². The first kappa shape index (κ1) is 14.2. The van der Waals surface area contributed by atoms with Crippen LogP contribution in [0.2, 0.25) is 0 Å². The van der Waals surface area contributed by atoms with E-state index < -0.39 is 0 Å². The fraction of sp³-hybridized carbons (Fsp3) is 0.167. The Labute approximate surface area is 130 Å². The van der Waals surface area contributed by atoms with E-state index in [9.17, 15) is 0 Å². The highest BCUT2D eigenvalue weighted by Gasteiger charge is 1.99.